The van der Waals surface area contributed by atoms with Crippen LogP contribution >= 0.6 is 15.9 Å². The minimum Gasteiger partial charge on any atom is -0.380 e. The Morgan fingerprint density at radius 3 is 2.65 bits per heavy atom. The third-order valence-corrected chi connectivity index (χ3v) is 3.12. The van der Waals surface area contributed by atoms with Crippen molar-refractivity contribution >= 4 is 21.6 Å². The maximum absolute atomic E-state index is 4.13. The molecule has 0 amide bonds. The molecule has 0 bridgehead atoms. The third kappa shape index (κ3) is 3.30. The van der Waals surface area contributed by atoms with E-state index in [0.717, 1.165) is 23.1 Å². The van der Waals surface area contributed by atoms with Crippen molar-refractivity contribution in [1.82, 2.24) is 4.98 Å². The van der Waals surface area contributed by atoms with Gasteiger partial charge in [-0.05, 0) is 39.5 Å². The highest BCUT2D eigenvalue weighted by molar-refractivity contribution is 9.10. The van der Waals surface area contributed by atoms with E-state index in [1.165, 1.54) is 11.1 Å². The molecule has 88 valence electrons. The molecule has 0 radical (unpaired) electrons. The van der Waals surface area contributed by atoms with Crippen molar-refractivity contribution in [1.29, 1.82) is 0 Å². The Balaban J connectivity index is 2.07. The van der Waals surface area contributed by atoms with Gasteiger partial charge in [-0.3, -0.25) is 4.98 Å². The summed E-state index contributed by atoms with van der Waals surface area (Å²) in [7, 11) is 0. The van der Waals surface area contributed by atoms with E-state index in [4.69, 9.17) is 0 Å². The fraction of sp³-hybridized carbons (Fsp3) is 0.214. The molecule has 0 aliphatic heterocycles. The molecular weight excluding hydrogens is 276 g/mol. The Bertz CT molecular complexity index is 497. The van der Waals surface area contributed by atoms with Gasteiger partial charge in [-0.1, -0.05) is 31.2 Å². The summed E-state index contributed by atoms with van der Waals surface area (Å²) in [4.78, 5) is 4.13. The number of benzene rings is 1. The number of nitrogens with zero attached hydrogens (tertiary/aromatic N) is 1. The Hall–Kier alpha value is -1.35. The number of halogens is 1. The largest absolute Gasteiger partial charge is 0.380 e. The number of pyridine rings is 1. The van der Waals surface area contributed by atoms with E-state index in [-0.39, 0.29) is 0 Å². The van der Waals surface area contributed by atoms with Crippen LogP contribution in [0.3, 0.4) is 0 Å². The molecule has 0 fully saturated rings. The van der Waals surface area contributed by atoms with Gasteiger partial charge in [0, 0.05) is 17.2 Å². The molecule has 0 aliphatic carbocycles. The van der Waals surface area contributed by atoms with E-state index in [2.05, 4.69) is 57.4 Å². The van der Waals surface area contributed by atoms with Crippen molar-refractivity contribution < 1.29 is 0 Å². The lowest BCUT2D eigenvalue weighted by atomic mass is 10.1. The molecule has 2 rings (SSSR count). The van der Waals surface area contributed by atoms with Gasteiger partial charge in [0.25, 0.3) is 0 Å². The average molecular weight is 291 g/mol. The second-order valence-electron chi connectivity index (χ2n) is 3.87. The summed E-state index contributed by atoms with van der Waals surface area (Å²) in [5, 5.41) is 3.38. The van der Waals surface area contributed by atoms with Crippen molar-refractivity contribution in [2.24, 2.45) is 0 Å². The Labute approximate surface area is 110 Å². The number of aromatic nitrogens is 1. The molecule has 0 spiro atoms. The van der Waals surface area contributed by atoms with Crippen molar-refractivity contribution in [3.8, 4) is 0 Å². The number of rotatable bonds is 4. The molecular formula is C14H15BrN2. The minimum absolute atomic E-state index is 0.835. The predicted molar refractivity (Wildman–Crippen MR) is 75.1 cm³/mol. The van der Waals surface area contributed by atoms with Gasteiger partial charge in [-0.25, -0.2) is 0 Å². The van der Waals surface area contributed by atoms with Crippen LogP contribution in [0.5, 0.6) is 0 Å². The first-order valence-corrected chi connectivity index (χ1v) is 6.50. The monoisotopic (exact) mass is 290 g/mol. The Morgan fingerprint density at radius 1 is 1.18 bits per heavy atom. The molecule has 0 unspecified atom stereocenters. The predicted octanol–water partition coefficient (Wildman–Crippen LogP) is 4.02. The third-order valence-electron chi connectivity index (χ3n) is 2.69. The van der Waals surface area contributed by atoms with Gasteiger partial charge in [0.1, 0.15) is 0 Å². The van der Waals surface area contributed by atoms with Gasteiger partial charge >= 0.3 is 0 Å². The minimum atomic E-state index is 0.835. The molecule has 2 aromatic rings. The number of anilines is 1. The molecule has 1 aromatic heterocycles. The summed E-state index contributed by atoms with van der Waals surface area (Å²) in [6.07, 6.45) is 4.68. The SMILES string of the molecule is CCc1ccccc1CNc1cncc(Br)c1. The highest BCUT2D eigenvalue weighted by atomic mass is 79.9. The van der Waals surface area contributed by atoms with E-state index in [1.54, 1.807) is 6.20 Å². The maximum Gasteiger partial charge on any atom is 0.0540 e. The molecule has 2 nitrogen and oxygen atoms in total. The highest BCUT2D eigenvalue weighted by Gasteiger charge is 2.00. The van der Waals surface area contributed by atoms with Crippen LogP contribution in [0.4, 0.5) is 5.69 Å². The normalized spacial score (nSPS) is 10.2. The number of hydrogen-bond donors (Lipinski definition) is 1. The van der Waals surface area contributed by atoms with Crippen molar-refractivity contribution in [2.45, 2.75) is 19.9 Å². The van der Waals surface area contributed by atoms with E-state index >= 15 is 0 Å². The Morgan fingerprint density at radius 2 is 1.94 bits per heavy atom. The number of nitrogens with one attached hydrogen (secondary N) is 1. The van der Waals surface area contributed by atoms with E-state index in [9.17, 15) is 0 Å². The molecule has 0 atom stereocenters. The highest BCUT2D eigenvalue weighted by Crippen LogP contribution is 2.16. The lowest BCUT2D eigenvalue weighted by molar-refractivity contribution is 1.04. The molecule has 0 saturated heterocycles. The summed E-state index contributed by atoms with van der Waals surface area (Å²) >= 11 is 3.41. The van der Waals surface area contributed by atoms with E-state index in [1.807, 2.05) is 12.3 Å². The van der Waals surface area contributed by atoms with E-state index < -0.39 is 0 Å². The van der Waals surface area contributed by atoms with Crippen LogP contribution in [0, 0.1) is 0 Å². The molecule has 1 aromatic carbocycles. The number of aryl methyl sites for hydroxylation is 1. The zero-order chi connectivity index (χ0) is 12.1. The van der Waals surface area contributed by atoms with Gasteiger partial charge in [-0.15, -0.1) is 0 Å². The standard InChI is InChI=1S/C14H15BrN2/c1-2-11-5-3-4-6-12(11)8-17-14-7-13(15)9-16-10-14/h3-7,9-10,17H,2,8H2,1H3. The number of hydrogen-bond acceptors (Lipinski definition) is 2. The lowest BCUT2D eigenvalue weighted by Gasteiger charge is -2.10. The first-order chi connectivity index (χ1) is 8.29. The first kappa shape index (κ1) is 12.1. The van der Waals surface area contributed by atoms with Gasteiger partial charge < -0.3 is 5.32 Å². The fourth-order valence-electron chi connectivity index (χ4n) is 1.78. The van der Waals surface area contributed by atoms with Gasteiger partial charge in [0.05, 0.1) is 11.9 Å². The summed E-state index contributed by atoms with van der Waals surface area (Å²) in [6, 6.07) is 10.5. The van der Waals surface area contributed by atoms with Gasteiger partial charge in [0.15, 0.2) is 0 Å². The molecule has 3 heteroatoms. The summed E-state index contributed by atoms with van der Waals surface area (Å²) < 4.78 is 0.992. The van der Waals surface area contributed by atoms with Crippen molar-refractivity contribution in [3.63, 3.8) is 0 Å². The molecule has 0 aliphatic rings. The smallest absolute Gasteiger partial charge is 0.0540 e. The van der Waals surface area contributed by atoms with Crippen LogP contribution in [0.15, 0.2) is 47.2 Å². The molecule has 17 heavy (non-hydrogen) atoms. The van der Waals surface area contributed by atoms with Crippen molar-refractivity contribution in [3.05, 3.63) is 58.3 Å². The average Bonchev–Trinajstić information content (AvgIpc) is 2.37. The van der Waals surface area contributed by atoms with Gasteiger partial charge in [0.2, 0.25) is 0 Å². The second-order valence-corrected chi connectivity index (χ2v) is 4.78. The first-order valence-electron chi connectivity index (χ1n) is 5.71. The van der Waals surface area contributed by atoms with Crippen LogP contribution in [-0.2, 0) is 13.0 Å². The van der Waals surface area contributed by atoms with Gasteiger partial charge in [-0.2, -0.15) is 0 Å². The quantitative estimate of drug-likeness (QED) is 0.920. The van der Waals surface area contributed by atoms with E-state index in [0.29, 0.717) is 0 Å². The zero-order valence-electron chi connectivity index (χ0n) is 9.78. The van der Waals surface area contributed by atoms with Crippen molar-refractivity contribution in [2.75, 3.05) is 5.32 Å². The molecule has 1 N–H and O–H groups in total. The summed E-state index contributed by atoms with van der Waals surface area (Å²) in [6.45, 7) is 3.02. The topological polar surface area (TPSA) is 24.9 Å². The van der Waals surface area contributed by atoms with Crippen LogP contribution in [0.2, 0.25) is 0 Å². The maximum atomic E-state index is 4.13. The Kier molecular flexibility index (Phi) is 4.15. The summed E-state index contributed by atoms with van der Waals surface area (Å²) in [5.74, 6) is 0. The summed E-state index contributed by atoms with van der Waals surface area (Å²) in [5.41, 5.74) is 3.77. The molecule has 0 saturated carbocycles. The van der Waals surface area contributed by atoms with Crippen LogP contribution in [0.25, 0.3) is 0 Å². The van der Waals surface area contributed by atoms with Crippen LogP contribution in [-0.4, -0.2) is 4.98 Å². The van der Waals surface area contributed by atoms with Crippen LogP contribution < -0.4 is 5.32 Å². The molecule has 1 heterocycles. The fourth-order valence-corrected chi connectivity index (χ4v) is 2.15. The second kappa shape index (κ2) is 5.82. The lowest BCUT2D eigenvalue weighted by Crippen LogP contribution is -2.02. The zero-order valence-corrected chi connectivity index (χ0v) is 11.4. The van der Waals surface area contributed by atoms with Crippen LogP contribution in [0.1, 0.15) is 18.1 Å².